The third-order valence-electron chi connectivity index (χ3n) is 5.57. The zero-order chi connectivity index (χ0) is 21.0. The molecule has 3 atom stereocenters. The van der Waals surface area contributed by atoms with Gasteiger partial charge in [-0.05, 0) is 55.5 Å². The van der Waals surface area contributed by atoms with Crippen LogP contribution in [-0.2, 0) is 18.9 Å². The second kappa shape index (κ2) is 9.44. The summed E-state index contributed by atoms with van der Waals surface area (Å²) >= 11 is 0. The van der Waals surface area contributed by atoms with Crippen molar-refractivity contribution in [3.63, 3.8) is 0 Å². The highest BCUT2D eigenvalue weighted by atomic mass is 16.6. The molecule has 0 radical (unpaired) electrons. The topological polar surface area (TPSA) is 62.5 Å². The van der Waals surface area contributed by atoms with E-state index in [1.807, 2.05) is 31.2 Å². The largest absolute Gasteiger partial charge is 0.457 e. The lowest BCUT2D eigenvalue weighted by atomic mass is 10.2. The molecule has 2 aromatic rings. The second-order valence-electron chi connectivity index (χ2n) is 8.21. The highest BCUT2D eigenvalue weighted by Gasteiger charge is 2.31. The maximum atomic E-state index is 6.07. The first kappa shape index (κ1) is 20.6. The molecule has 3 aliphatic rings. The maximum absolute atomic E-state index is 6.07. The summed E-state index contributed by atoms with van der Waals surface area (Å²) in [6.45, 7) is 8.46. The maximum Gasteiger partial charge on any atom is 0.127 e. The molecule has 7 heteroatoms. The van der Waals surface area contributed by atoms with Gasteiger partial charge in [0.15, 0.2) is 0 Å². The van der Waals surface area contributed by atoms with Gasteiger partial charge in [0, 0.05) is 37.6 Å². The number of hydrogen-bond acceptors (Lipinski definition) is 7. The molecule has 0 amide bonds. The van der Waals surface area contributed by atoms with Crippen molar-refractivity contribution >= 4 is 11.4 Å². The van der Waals surface area contributed by atoms with Crippen LogP contribution in [0.25, 0.3) is 0 Å². The number of rotatable bonds is 13. The van der Waals surface area contributed by atoms with Crippen molar-refractivity contribution in [2.45, 2.75) is 25.2 Å². The first-order valence-corrected chi connectivity index (χ1v) is 11.1. The Bertz CT molecular complexity index is 818. The van der Waals surface area contributed by atoms with E-state index in [1.165, 1.54) is 5.69 Å². The Morgan fingerprint density at radius 1 is 0.710 bits per heavy atom. The fourth-order valence-corrected chi connectivity index (χ4v) is 3.56. The second-order valence-corrected chi connectivity index (χ2v) is 8.21. The first-order valence-electron chi connectivity index (χ1n) is 11.1. The van der Waals surface area contributed by atoms with Gasteiger partial charge in [0.1, 0.15) is 18.2 Å². The Hall–Kier alpha value is -2.32. The van der Waals surface area contributed by atoms with Crippen molar-refractivity contribution in [2.24, 2.45) is 0 Å². The first-order chi connectivity index (χ1) is 15.3. The lowest BCUT2D eigenvalue weighted by Crippen LogP contribution is -2.31. The molecule has 0 aromatic heterocycles. The number of epoxide rings is 3. The third-order valence-corrected chi connectivity index (χ3v) is 5.57. The van der Waals surface area contributed by atoms with Gasteiger partial charge in [-0.25, -0.2) is 0 Å². The summed E-state index contributed by atoms with van der Waals surface area (Å²) in [5.74, 6) is 1.63. The smallest absolute Gasteiger partial charge is 0.127 e. The number of ether oxygens (including phenoxy) is 5. The molecule has 7 nitrogen and oxygen atoms in total. The van der Waals surface area contributed by atoms with Crippen molar-refractivity contribution in [1.29, 1.82) is 0 Å². The van der Waals surface area contributed by atoms with Gasteiger partial charge in [-0.15, -0.1) is 0 Å². The van der Waals surface area contributed by atoms with E-state index in [1.54, 1.807) is 0 Å². The number of benzene rings is 2. The van der Waals surface area contributed by atoms with Gasteiger partial charge < -0.3 is 33.5 Å². The van der Waals surface area contributed by atoms with E-state index in [0.29, 0.717) is 31.6 Å². The van der Waals surface area contributed by atoms with E-state index in [2.05, 4.69) is 34.1 Å². The number of nitrogens with zero attached hydrogens (tertiary/aromatic N) is 2. The van der Waals surface area contributed by atoms with Crippen LogP contribution >= 0.6 is 0 Å². The molecule has 31 heavy (non-hydrogen) atoms. The summed E-state index contributed by atoms with van der Waals surface area (Å²) in [5, 5.41) is 0. The molecular weight excluding hydrogens is 396 g/mol. The van der Waals surface area contributed by atoms with Gasteiger partial charge in [0.05, 0.1) is 38.1 Å². The molecule has 0 saturated carbocycles. The average Bonchev–Trinajstić information content (AvgIpc) is 3.62. The summed E-state index contributed by atoms with van der Waals surface area (Å²) in [6, 6.07) is 16.4. The van der Waals surface area contributed by atoms with Crippen LogP contribution in [0.5, 0.6) is 11.5 Å². The van der Waals surface area contributed by atoms with Crippen molar-refractivity contribution in [3.8, 4) is 11.5 Å². The van der Waals surface area contributed by atoms with Gasteiger partial charge in [0.2, 0.25) is 0 Å². The Balaban J connectivity index is 1.20. The SMILES string of the molecule is CCOCN(CC1CO1)c1ccc(Oc2ccc(N(CC3CO3)CC3CO3)cc2)cc1. The van der Waals surface area contributed by atoms with Crippen molar-refractivity contribution in [2.75, 3.05) is 62.6 Å². The molecule has 3 heterocycles. The monoisotopic (exact) mass is 426 g/mol. The molecule has 3 aliphatic heterocycles. The Morgan fingerprint density at radius 2 is 1.13 bits per heavy atom. The van der Waals surface area contributed by atoms with E-state index in [4.69, 9.17) is 23.7 Å². The zero-order valence-corrected chi connectivity index (χ0v) is 17.9. The van der Waals surface area contributed by atoms with Gasteiger partial charge in [-0.1, -0.05) is 0 Å². The zero-order valence-electron chi connectivity index (χ0n) is 17.9. The molecule has 0 bridgehead atoms. The molecule has 3 fully saturated rings. The predicted octanol–water partition coefficient (Wildman–Crippen LogP) is 3.28. The van der Waals surface area contributed by atoms with E-state index in [-0.39, 0.29) is 0 Å². The standard InChI is InChI=1S/C24H30N2O5/c1-2-27-17-26(13-24-16-30-24)19-5-9-21(10-6-19)31-20-7-3-18(4-8-20)25(11-22-14-28-22)12-23-15-29-23/h3-10,22-24H,2,11-17H2,1H3. The minimum Gasteiger partial charge on any atom is -0.457 e. The van der Waals surface area contributed by atoms with Crippen molar-refractivity contribution in [1.82, 2.24) is 0 Å². The molecule has 3 unspecified atom stereocenters. The minimum absolute atomic E-state index is 0.312. The molecule has 0 spiro atoms. The fourth-order valence-electron chi connectivity index (χ4n) is 3.56. The molecule has 5 rings (SSSR count). The van der Waals surface area contributed by atoms with Crippen molar-refractivity contribution in [3.05, 3.63) is 48.5 Å². The predicted molar refractivity (Wildman–Crippen MR) is 118 cm³/mol. The molecule has 0 N–H and O–H groups in total. The number of anilines is 2. The summed E-state index contributed by atoms with van der Waals surface area (Å²) in [5.41, 5.74) is 2.27. The fraction of sp³-hybridized carbons (Fsp3) is 0.500. The van der Waals surface area contributed by atoms with Crippen LogP contribution in [0.3, 0.4) is 0 Å². The van der Waals surface area contributed by atoms with Crippen LogP contribution in [-0.4, -0.2) is 71.1 Å². The van der Waals surface area contributed by atoms with Crippen LogP contribution in [0.2, 0.25) is 0 Å². The summed E-state index contributed by atoms with van der Waals surface area (Å²) in [7, 11) is 0. The van der Waals surface area contributed by atoms with Gasteiger partial charge in [-0.2, -0.15) is 0 Å². The van der Waals surface area contributed by atoms with Crippen molar-refractivity contribution < 1.29 is 23.7 Å². The van der Waals surface area contributed by atoms with E-state index < -0.39 is 0 Å². The normalized spacial score (nSPS) is 23.3. The van der Waals surface area contributed by atoms with Crippen LogP contribution in [0, 0.1) is 0 Å². The Labute approximate surface area is 183 Å². The third kappa shape index (κ3) is 6.11. The summed E-state index contributed by atoms with van der Waals surface area (Å²) in [6.07, 6.45) is 1.01. The van der Waals surface area contributed by atoms with Crippen LogP contribution in [0.4, 0.5) is 11.4 Å². The van der Waals surface area contributed by atoms with Gasteiger partial charge in [0.25, 0.3) is 0 Å². The van der Waals surface area contributed by atoms with Crippen LogP contribution in [0.15, 0.2) is 48.5 Å². The summed E-state index contributed by atoms with van der Waals surface area (Å²) < 4.78 is 27.9. The molecule has 3 saturated heterocycles. The molecule has 0 aliphatic carbocycles. The van der Waals surface area contributed by atoms with E-state index >= 15 is 0 Å². The lowest BCUT2D eigenvalue weighted by molar-refractivity contribution is 0.146. The Kier molecular flexibility index (Phi) is 6.27. The molecule has 166 valence electrons. The van der Waals surface area contributed by atoms with Gasteiger partial charge in [-0.3, -0.25) is 0 Å². The minimum atomic E-state index is 0.312. The summed E-state index contributed by atoms with van der Waals surface area (Å²) in [4.78, 5) is 4.53. The van der Waals surface area contributed by atoms with E-state index in [9.17, 15) is 0 Å². The lowest BCUT2D eigenvalue weighted by Gasteiger charge is -2.24. The van der Waals surface area contributed by atoms with Gasteiger partial charge >= 0.3 is 0 Å². The van der Waals surface area contributed by atoms with Crippen LogP contribution < -0.4 is 14.5 Å². The quantitative estimate of drug-likeness (QED) is 0.360. The highest BCUT2D eigenvalue weighted by Crippen LogP contribution is 2.29. The number of hydrogen-bond donors (Lipinski definition) is 0. The van der Waals surface area contributed by atoms with E-state index in [0.717, 1.165) is 56.6 Å². The molecule has 2 aromatic carbocycles. The highest BCUT2D eigenvalue weighted by molar-refractivity contribution is 5.52. The molecular formula is C24H30N2O5. The Morgan fingerprint density at radius 3 is 1.55 bits per heavy atom. The average molecular weight is 427 g/mol. The van der Waals surface area contributed by atoms with Crippen LogP contribution in [0.1, 0.15) is 6.92 Å².